The first-order chi connectivity index (χ1) is 14.3. The van der Waals surface area contributed by atoms with E-state index in [1.54, 1.807) is 24.3 Å². The van der Waals surface area contributed by atoms with Crippen LogP contribution in [0.3, 0.4) is 0 Å². The lowest BCUT2D eigenvalue weighted by molar-refractivity contribution is 0.0940. The molecule has 154 valence electrons. The fourth-order valence-electron chi connectivity index (χ4n) is 2.73. The Morgan fingerprint density at radius 3 is 2.20 bits per heavy atom. The summed E-state index contributed by atoms with van der Waals surface area (Å²) in [7, 11) is 0. The van der Waals surface area contributed by atoms with Crippen LogP contribution >= 0.6 is 34.8 Å². The molecule has 0 fully saturated rings. The molecule has 0 unspecified atom stereocenters. The number of hydrogen-bond acceptors (Lipinski definition) is 2. The molecule has 0 aromatic heterocycles. The molecule has 3 N–H and O–H groups in total. The summed E-state index contributed by atoms with van der Waals surface area (Å²) < 4.78 is 0. The second-order valence-corrected chi connectivity index (χ2v) is 7.73. The maximum absolute atomic E-state index is 12.6. The molecule has 0 aliphatic heterocycles. The number of benzene rings is 3. The first-order valence-electron chi connectivity index (χ1n) is 9.02. The smallest absolute Gasteiger partial charge is 0.323 e. The zero-order chi connectivity index (χ0) is 21.7. The number of halogens is 3. The molecule has 3 rings (SSSR count). The molecule has 0 spiro atoms. The number of carbonyl (C=O) groups is 2. The van der Waals surface area contributed by atoms with Crippen LogP contribution in [0.2, 0.25) is 15.1 Å². The summed E-state index contributed by atoms with van der Waals surface area (Å²) in [6.45, 7) is 1.90. The average Bonchev–Trinajstić information content (AvgIpc) is 2.73. The van der Waals surface area contributed by atoms with Gasteiger partial charge in [0.2, 0.25) is 0 Å². The molecule has 1 atom stereocenters. The Morgan fingerprint density at radius 2 is 1.50 bits per heavy atom. The van der Waals surface area contributed by atoms with Gasteiger partial charge >= 0.3 is 6.03 Å². The average molecular weight is 463 g/mol. The van der Waals surface area contributed by atoms with Crippen LogP contribution in [0.15, 0.2) is 66.7 Å². The van der Waals surface area contributed by atoms with Crippen molar-refractivity contribution in [2.24, 2.45) is 0 Å². The quantitative estimate of drug-likeness (QED) is 0.391. The predicted octanol–water partition coefficient (Wildman–Crippen LogP) is 6.78. The largest absolute Gasteiger partial charge is 0.346 e. The standard InChI is InChI=1S/C22H18Cl3N3O2/c1-13(14-5-3-2-4-6-14)26-21(29)15-7-9-18(24)20(11-15)28-22(30)27-16-8-10-17(23)19(25)12-16/h2-13H,1H3,(H,26,29)(H2,27,28,30)/t13-/m0/s1. The first kappa shape index (κ1) is 22.0. The van der Waals surface area contributed by atoms with Crippen LogP contribution in [0, 0.1) is 0 Å². The summed E-state index contributed by atoms with van der Waals surface area (Å²) >= 11 is 18.0. The number of carbonyl (C=O) groups excluding carboxylic acids is 2. The first-order valence-corrected chi connectivity index (χ1v) is 10.2. The van der Waals surface area contributed by atoms with Gasteiger partial charge in [0.05, 0.1) is 26.8 Å². The van der Waals surface area contributed by atoms with E-state index >= 15 is 0 Å². The highest BCUT2D eigenvalue weighted by Gasteiger charge is 2.14. The van der Waals surface area contributed by atoms with Gasteiger partial charge in [-0.05, 0) is 48.9 Å². The summed E-state index contributed by atoms with van der Waals surface area (Å²) in [6.07, 6.45) is 0. The molecule has 0 bridgehead atoms. The number of rotatable bonds is 5. The second kappa shape index (κ2) is 9.85. The number of amides is 3. The minimum atomic E-state index is -0.537. The van der Waals surface area contributed by atoms with Gasteiger partial charge in [0.15, 0.2) is 0 Å². The Bertz CT molecular complexity index is 1070. The van der Waals surface area contributed by atoms with E-state index in [4.69, 9.17) is 34.8 Å². The third-order valence-electron chi connectivity index (χ3n) is 4.30. The van der Waals surface area contributed by atoms with Crippen LogP contribution in [-0.4, -0.2) is 11.9 Å². The molecular formula is C22H18Cl3N3O2. The van der Waals surface area contributed by atoms with E-state index in [0.717, 1.165) is 5.56 Å². The predicted molar refractivity (Wildman–Crippen MR) is 123 cm³/mol. The molecule has 3 aromatic rings. The van der Waals surface area contributed by atoms with Crippen LogP contribution in [0.4, 0.5) is 16.2 Å². The van der Waals surface area contributed by atoms with Crippen molar-refractivity contribution >= 4 is 58.1 Å². The molecule has 0 aliphatic carbocycles. The van der Waals surface area contributed by atoms with Crippen molar-refractivity contribution in [2.45, 2.75) is 13.0 Å². The van der Waals surface area contributed by atoms with Gasteiger partial charge in [0.1, 0.15) is 0 Å². The maximum Gasteiger partial charge on any atom is 0.323 e. The van der Waals surface area contributed by atoms with Crippen LogP contribution < -0.4 is 16.0 Å². The zero-order valence-corrected chi connectivity index (χ0v) is 18.1. The van der Waals surface area contributed by atoms with Gasteiger partial charge in [-0.1, -0.05) is 65.1 Å². The summed E-state index contributed by atoms with van der Waals surface area (Å²) in [5, 5.41) is 9.20. The second-order valence-electron chi connectivity index (χ2n) is 6.51. The minimum Gasteiger partial charge on any atom is -0.346 e. The summed E-state index contributed by atoms with van der Waals surface area (Å²) in [6, 6.07) is 18.3. The molecule has 3 amide bonds. The van der Waals surface area contributed by atoms with Gasteiger partial charge in [0, 0.05) is 11.3 Å². The van der Waals surface area contributed by atoms with Gasteiger partial charge in [-0.25, -0.2) is 4.79 Å². The molecule has 8 heteroatoms. The lowest BCUT2D eigenvalue weighted by Crippen LogP contribution is -2.27. The van der Waals surface area contributed by atoms with Crippen molar-refractivity contribution in [1.29, 1.82) is 0 Å². The highest BCUT2D eigenvalue weighted by molar-refractivity contribution is 6.42. The Morgan fingerprint density at radius 1 is 0.800 bits per heavy atom. The van der Waals surface area contributed by atoms with E-state index in [9.17, 15) is 9.59 Å². The molecule has 0 radical (unpaired) electrons. The van der Waals surface area contributed by atoms with E-state index in [2.05, 4.69) is 16.0 Å². The number of hydrogen-bond donors (Lipinski definition) is 3. The van der Waals surface area contributed by atoms with Gasteiger partial charge in [-0.3, -0.25) is 4.79 Å². The molecule has 0 saturated carbocycles. The van der Waals surface area contributed by atoms with Crippen molar-refractivity contribution in [3.8, 4) is 0 Å². The lowest BCUT2D eigenvalue weighted by atomic mass is 10.1. The Kier molecular flexibility index (Phi) is 7.21. The highest BCUT2D eigenvalue weighted by Crippen LogP contribution is 2.26. The van der Waals surface area contributed by atoms with Gasteiger partial charge in [0.25, 0.3) is 5.91 Å². The molecule has 3 aromatic carbocycles. The molecular weight excluding hydrogens is 445 g/mol. The number of nitrogens with one attached hydrogen (secondary N) is 3. The maximum atomic E-state index is 12.6. The molecule has 0 aliphatic rings. The van der Waals surface area contributed by atoms with E-state index in [0.29, 0.717) is 32.0 Å². The molecule has 5 nitrogen and oxygen atoms in total. The molecule has 0 saturated heterocycles. The van der Waals surface area contributed by atoms with E-state index < -0.39 is 6.03 Å². The van der Waals surface area contributed by atoms with E-state index in [1.165, 1.54) is 12.1 Å². The number of urea groups is 1. The number of anilines is 2. The van der Waals surface area contributed by atoms with Crippen molar-refractivity contribution in [1.82, 2.24) is 5.32 Å². The third-order valence-corrected chi connectivity index (χ3v) is 5.37. The van der Waals surface area contributed by atoms with Crippen molar-refractivity contribution in [2.75, 3.05) is 10.6 Å². The van der Waals surface area contributed by atoms with Crippen LogP contribution in [0.1, 0.15) is 28.9 Å². The Balaban J connectivity index is 1.69. The van der Waals surface area contributed by atoms with E-state index in [1.807, 2.05) is 37.3 Å². The topological polar surface area (TPSA) is 70.2 Å². The fraction of sp³-hybridized carbons (Fsp3) is 0.0909. The van der Waals surface area contributed by atoms with Crippen molar-refractivity contribution in [3.05, 3.63) is 92.9 Å². The van der Waals surface area contributed by atoms with Gasteiger partial charge in [-0.2, -0.15) is 0 Å². The lowest BCUT2D eigenvalue weighted by Gasteiger charge is -2.15. The molecule has 0 heterocycles. The monoisotopic (exact) mass is 461 g/mol. The Hall–Kier alpha value is -2.73. The van der Waals surface area contributed by atoms with E-state index in [-0.39, 0.29) is 11.9 Å². The van der Waals surface area contributed by atoms with Crippen LogP contribution in [-0.2, 0) is 0 Å². The van der Waals surface area contributed by atoms with Crippen molar-refractivity contribution < 1.29 is 9.59 Å². The third kappa shape index (κ3) is 5.66. The zero-order valence-electron chi connectivity index (χ0n) is 15.9. The molecule has 30 heavy (non-hydrogen) atoms. The highest BCUT2D eigenvalue weighted by atomic mass is 35.5. The summed E-state index contributed by atoms with van der Waals surface area (Å²) in [4.78, 5) is 24.9. The van der Waals surface area contributed by atoms with Gasteiger partial charge < -0.3 is 16.0 Å². The summed E-state index contributed by atoms with van der Waals surface area (Å²) in [5.74, 6) is -0.282. The fourth-order valence-corrected chi connectivity index (χ4v) is 3.19. The Labute approximate surface area is 189 Å². The van der Waals surface area contributed by atoms with Crippen LogP contribution in [0.25, 0.3) is 0 Å². The SMILES string of the molecule is C[C@H](NC(=O)c1ccc(Cl)c(NC(=O)Nc2ccc(Cl)c(Cl)c2)c1)c1ccccc1. The van der Waals surface area contributed by atoms with Crippen LogP contribution in [0.5, 0.6) is 0 Å². The van der Waals surface area contributed by atoms with Crippen molar-refractivity contribution in [3.63, 3.8) is 0 Å². The normalized spacial score (nSPS) is 11.5. The van der Waals surface area contributed by atoms with Gasteiger partial charge in [-0.15, -0.1) is 0 Å². The minimum absolute atomic E-state index is 0.177. The summed E-state index contributed by atoms with van der Waals surface area (Å²) in [5.41, 5.74) is 2.11.